The Balaban J connectivity index is 1.56. The molecule has 0 radical (unpaired) electrons. The highest BCUT2D eigenvalue weighted by Gasteiger charge is 2.19. The van der Waals surface area contributed by atoms with Crippen molar-refractivity contribution in [3.05, 3.63) is 40.0 Å². The molecule has 1 aromatic rings. The highest BCUT2D eigenvalue weighted by Crippen LogP contribution is 2.19. The molecule has 4 heteroatoms. The SMILES string of the molecule is Cc1nc(C#CC2=CNC(NC3CCC3)C=C2)cs1. The van der Waals surface area contributed by atoms with Gasteiger partial charge in [-0.25, -0.2) is 4.98 Å². The molecule has 0 aromatic carbocycles. The Hall–Kier alpha value is -1.57. The summed E-state index contributed by atoms with van der Waals surface area (Å²) in [5.41, 5.74) is 1.85. The van der Waals surface area contributed by atoms with Crippen LogP contribution in [0.1, 0.15) is 30.0 Å². The van der Waals surface area contributed by atoms with Crippen molar-refractivity contribution in [1.29, 1.82) is 0 Å². The van der Waals surface area contributed by atoms with E-state index in [1.807, 2.05) is 18.5 Å². The van der Waals surface area contributed by atoms with E-state index in [0.29, 0.717) is 6.04 Å². The standard InChI is InChI=1S/C15H17N3S/c1-11-17-14(10-19-11)7-5-12-6-8-15(16-9-12)18-13-3-2-4-13/h6,8-10,13,15-16,18H,2-4H2,1H3. The summed E-state index contributed by atoms with van der Waals surface area (Å²) < 4.78 is 0. The zero-order valence-electron chi connectivity index (χ0n) is 10.9. The summed E-state index contributed by atoms with van der Waals surface area (Å²) in [6, 6.07) is 0.682. The van der Waals surface area contributed by atoms with Crippen LogP contribution in [0.2, 0.25) is 0 Å². The van der Waals surface area contributed by atoms with Crippen LogP contribution in [0.4, 0.5) is 0 Å². The second kappa shape index (κ2) is 5.60. The van der Waals surface area contributed by atoms with Crippen LogP contribution in [-0.2, 0) is 0 Å². The molecule has 3 nitrogen and oxygen atoms in total. The molecule has 3 rings (SSSR count). The van der Waals surface area contributed by atoms with Crippen LogP contribution in [-0.4, -0.2) is 17.2 Å². The number of hydrogen-bond acceptors (Lipinski definition) is 4. The number of allylic oxidation sites excluding steroid dienone is 2. The summed E-state index contributed by atoms with van der Waals surface area (Å²) >= 11 is 1.63. The van der Waals surface area contributed by atoms with Gasteiger partial charge in [-0.2, -0.15) is 0 Å². The van der Waals surface area contributed by atoms with E-state index < -0.39 is 0 Å². The first-order valence-electron chi connectivity index (χ1n) is 6.64. The number of nitrogens with one attached hydrogen (secondary N) is 2. The molecular weight excluding hydrogens is 254 g/mol. The lowest BCUT2D eigenvalue weighted by atomic mass is 9.93. The van der Waals surface area contributed by atoms with Crippen LogP contribution in [0.3, 0.4) is 0 Å². The molecule has 0 bridgehead atoms. The molecule has 1 atom stereocenters. The Bertz CT molecular complexity index is 570. The van der Waals surface area contributed by atoms with Crippen LogP contribution < -0.4 is 10.6 Å². The third kappa shape index (κ3) is 3.25. The minimum Gasteiger partial charge on any atom is -0.371 e. The highest BCUT2D eigenvalue weighted by atomic mass is 32.1. The minimum absolute atomic E-state index is 0.248. The minimum atomic E-state index is 0.248. The molecule has 1 fully saturated rings. The molecule has 2 aliphatic rings. The van der Waals surface area contributed by atoms with Crippen LogP contribution in [0, 0.1) is 18.8 Å². The number of thiazole rings is 1. The molecule has 19 heavy (non-hydrogen) atoms. The van der Waals surface area contributed by atoms with Gasteiger partial charge < -0.3 is 5.32 Å². The van der Waals surface area contributed by atoms with Crippen LogP contribution >= 0.6 is 11.3 Å². The van der Waals surface area contributed by atoms with Crippen LogP contribution in [0.5, 0.6) is 0 Å². The van der Waals surface area contributed by atoms with Crippen molar-refractivity contribution in [2.45, 2.75) is 38.4 Å². The molecule has 1 saturated carbocycles. The Morgan fingerprint density at radius 3 is 2.89 bits per heavy atom. The van der Waals surface area contributed by atoms with Gasteiger partial charge >= 0.3 is 0 Å². The topological polar surface area (TPSA) is 37.0 Å². The Morgan fingerprint density at radius 1 is 1.42 bits per heavy atom. The van der Waals surface area contributed by atoms with Gasteiger partial charge in [0.05, 0.1) is 11.2 Å². The molecule has 1 unspecified atom stereocenters. The van der Waals surface area contributed by atoms with Crippen LogP contribution in [0.15, 0.2) is 29.3 Å². The van der Waals surface area contributed by atoms with E-state index in [2.05, 4.69) is 39.6 Å². The number of dihydropyridines is 1. The van der Waals surface area contributed by atoms with Gasteiger partial charge in [0.25, 0.3) is 0 Å². The van der Waals surface area contributed by atoms with Gasteiger partial charge in [0.2, 0.25) is 0 Å². The van der Waals surface area contributed by atoms with Crippen molar-refractivity contribution < 1.29 is 0 Å². The molecule has 2 N–H and O–H groups in total. The fourth-order valence-electron chi connectivity index (χ4n) is 2.05. The molecule has 2 heterocycles. The van der Waals surface area contributed by atoms with E-state index in [1.54, 1.807) is 11.3 Å². The lowest BCUT2D eigenvalue weighted by Gasteiger charge is -2.31. The highest BCUT2D eigenvalue weighted by molar-refractivity contribution is 7.09. The van der Waals surface area contributed by atoms with Gasteiger partial charge in [-0.05, 0) is 37.8 Å². The van der Waals surface area contributed by atoms with Crippen molar-refractivity contribution >= 4 is 11.3 Å². The molecule has 0 amide bonds. The molecule has 1 aliphatic carbocycles. The van der Waals surface area contributed by atoms with Crippen molar-refractivity contribution in [1.82, 2.24) is 15.6 Å². The number of aromatic nitrogens is 1. The maximum atomic E-state index is 4.33. The first kappa shape index (κ1) is 12.5. The lowest BCUT2D eigenvalue weighted by molar-refractivity contribution is 0.311. The average molecular weight is 271 g/mol. The zero-order valence-corrected chi connectivity index (χ0v) is 11.8. The maximum Gasteiger partial charge on any atom is 0.124 e. The van der Waals surface area contributed by atoms with Crippen molar-refractivity contribution in [2.24, 2.45) is 0 Å². The van der Waals surface area contributed by atoms with E-state index in [4.69, 9.17) is 0 Å². The number of rotatable bonds is 2. The Labute approximate surface area is 117 Å². The predicted molar refractivity (Wildman–Crippen MR) is 78.7 cm³/mol. The van der Waals surface area contributed by atoms with E-state index >= 15 is 0 Å². The third-order valence-corrected chi connectivity index (χ3v) is 4.13. The van der Waals surface area contributed by atoms with Gasteiger partial charge in [0.15, 0.2) is 0 Å². The number of aryl methyl sites for hydroxylation is 1. The summed E-state index contributed by atoms with van der Waals surface area (Å²) in [4.78, 5) is 4.33. The number of nitrogens with zero attached hydrogens (tertiary/aromatic N) is 1. The van der Waals surface area contributed by atoms with Gasteiger partial charge in [-0.3, -0.25) is 5.32 Å². The summed E-state index contributed by atoms with van der Waals surface area (Å²) in [6.45, 7) is 1.99. The first-order valence-corrected chi connectivity index (χ1v) is 7.52. The Kier molecular flexibility index (Phi) is 3.67. The molecule has 1 aromatic heterocycles. The van der Waals surface area contributed by atoms with E-state index in [-0.39, 0.29) is 6.17 Å². The quantitative estimate of drug-likeness (QED) is 0.811. The van der Waals surface area contributed by atoms with Gasteiger partial charge in [-0.15, -0.1) is 11.3 Å². The van der Waals surface area contributed by atoms with E-state index in [0.717, 1.165) is 16.3 Å². The summed E-state index contributed by atoms with van der Waals surface area (Å²) in [5.74, 6) is 6.21. The smallest absolute Gasteiger partial charge is 0.124 e. The fraction of sp³-hybridized carbons (Fsp3) is 0.400. The van der Waals surface area contributed by atoms with E-state index in [1.165, 1.54) is 19.3 Å². The van der Waals surface area contributed by atoms with Crippen LogP contribution in [0.25, 0.3) is 0 Å². The van der Waals surface area contributed by atoms with E-state index in [9.17, 15) is 0 Å². The molecular formula is C15H17N3S. The van der Waals surface area contributed by atoms with Crippen molar-refractivity contribution in [2.75, 3.05) is 0 Å². The second-order valence-electron chi connectivity index (χ2n) is 4.90. The summed E-state index contributed by atoms with van der Waals surface area (Å²) in [7, 11) is 0. The van der Waals surface area contributed by atoms with Crippen molar-refractivity contribution in [3.63, 3.8) is 0 Å². The molecule has 0 spiro atoms. The summed E-state index contributed by atoms with van der Waals surface area (Å²) in [5, 5.41) is 9.93. The lowest BCUT2D eigenvalue weighted by Crippen LogP contribution is -2.47. The van der Waals surface area contributed by atoms with Gasteiger partial charge in [0, 0.05) is 23.2 Å². The van der Waals surface area contributed by atoms with Crippen molar-refractivity contribution in [3.8, 4) is 11.8 Å². The van der Waals surface area contributed by atoms with Gasteiger partial charge in [-0.1, -0.05) is 12.3 Å². The molecule has 98 valence electrons. The molecule has 1 aliphatic heterocycles. The molecule has 0 saturated heterocycles. The Morgan fingerprint density at radius 2 is 2.32 bits per heavy atom. The zero-order chi connectivity index (χ0) is 13.1. The monoisotopic (exact) mass is 271 g/mol. The normalized spacial score (nSPS) is 21.9. The number of hydrogen-bond donors (Lipinski definition) is 2. The summed E-state index contributed by atoms with van der Waals surface area (Å²) in [6.07, 6.45) is 10.4. The maximum absolute atomic E-state index is 4.33. The average Bonchev–Trinajstić information content (AvgIpc) is 2.79. The first-order chi connectivity index (χ1) is 9.29. The van der Waals surface area contributed by atoms with Gasteiger partial charge in [0.1, 0.15) is 5.69 Å². The fourth-order valence-corrected chi connectivity index (χ4v) is 2.60. The second-order valence-corrected chi connectivity index (χ2v) is 5.96. The predicted octanol–water partition coefficient (Wildman–Crippen LogP) is 2.31. The largest absolute Gasteiger partial charge is 0.371 e. The third-order valence-electron chi connectivity index (χ3n) is 3.36.